The average molecular weight is 311 g/mol. The zero-order valence-corrected chi connectivity index (χ0v) is 14.1. The number of hydrogen-bond acceptors (Lipinski definition) is 2. The van der Waals surface area contributed by atoms with Crippen LogP contribution >= 0.6 is 12.4 Å². The molecule has 0 radical (unpaired) electrons. The van der Waals surface area contributed by atoms with Crippen molar-refractivity contribution in [3.63, 3.8) is 0 Å². The summed E-state index contributed by atoms with van der Waals surface area (Å²) in [6, 6.07) is 10.3. The van der Waals surface area contributed by atoms with Crippen molar-refractivity contribution in [1.82, 2.24) is 4.90 Å². The van der Waals surface area contributed by atoms with Crippen molar-refractivity contribution in [2.45, 2.75) is 39.0 Å². The van der Waals surface area contributed by atoms with E-state index in [4.69, 9.17) is 5.73 Å². The molecule has 1 unspecified atom stereocenters. The molecule has 1 heterocycles. The van der Waals surface area contributed by atoms with E-state index in [0.29, 0.717) is 13.0 Å². The highest BCUT2D eigenvalue weighted by Crippen LogP contribution is 2.32. The van der Waals surface area contributed by atoms with Crippen LogP contribution in [0.15, 0.2) is 30.3 Å². The number of carbonyl (C=O) groups is 1. The maximum Gasteiger partial charge on any atom is 0.223 e. The molecule has 2 rings (SSSR count). The third kappa shape index (κ3) is 4.21. The minimum atomic E-state index is -0.125. The number of nitrogens with two attached hydrogens (primary N) is 1. The van der Waals surface area contributed by atoms with Crippen LogP contribution in [0.1, 0.15) is 39.2 Å². The molecule has 1 aromatic carbocycles. The van der Waals surface area contributed by atoms with Gasteiger partial charge in [-0.3, -0.25) is 4.79 Å². The molecule has 2 N–H and O–H groups in total. The van der Waals surface area contributed by atoms with Crippen molar-refractivity contribution in [1.29, 1.82) is 0 Å². The van der Waals surface area contributed by atoms with E-state index in [2.05, 4.69) is 32.9 Å². The Labute approximate surface area is 134 Å². The number of likely N-dealkylation sites (tertiary alicyclic amines) is 1. The molecule has 3 nitrogen and oxygen atoms in total. The largest absolute Gasteiger partial charge is 0.342 e. The molecule has 21 heavy (non-hydrogen) atoms. The van der Waals surface area contributed by atoms with Crippen LogP contribution in [-0.4, -0.2) is 30.4 Å². The highest BCUT2D eigenvalue weighted by atomic mass is 35.5. The summed E-state index contributed by atoms with van der Waals surface area (Å²) in [5.74, 6) is 0.246. The molecule has 1 fully saturated rings. The second kappa shape index (κ2) is 6.80. The summed E-state index contributed by atoms with van der Waals surface area (Å²) in [4.78, 5) is 14.5. The van der Waals surface area contributed by atoms with E-state index in [-0.39, 0.29) is 29.1 Å². The van der Waals surface area contributed by atoms with Gasteiger partial charge in [-0.2, -0.15) is 0 Å². The SMILES string of the molecule is CC1(CN)CCN(C(=O)CC(C)(C)c2ccccc2)C1.Cl. The average Bonchev–Trinajstić information content (AvgIpc) is 2.83. The molecular formula is C17H27ClN2O. The van der Waals surface area contributed by atoms with Crippen LogP contribution in [0.3, 0.4) is 0 Å². The molecule has 1 atom stereocenters. The highest BCUT2D eigenvalue weighted by molar-refractivity contribution is 5.85. The Kier molecular flexibility index (Phi) is 5.83. The molecule has 1 amide bonds. The predicted molar refractivity (Wildman–Crippen MR) is 89.7 cm³/mol. The van der Waals surface area contributed by atoms with Crippen molar-refractivity contribution in [2.24, 2.45) is 11.1 Å². The van der Waals surface area contributed by atoms with Gasteiger partial charge in [0.15, 0.2) is 0 Å². The lowest BCUT2D eigenvalue weighted by Gasteiger charge is -2.28. The van der Waals surface area contributed by atoms with Crippen LogP contribution < -0.4 is 5.73 Å². The Morgan fingerprint density at radius 2 is 1.95 bits per heavy atom. The van der Waals surface area contributed by atoms with Crippen LogP contribution in [-0.2, 0) is 10.2 Å². The standard InChI is InChI=1S/C17H26N2O.ClH/c1-16(2,14-7-5-4-6-8-14)11-15(20)19-10-9-17(3,12-18)13-19;/h4-8H,9-13,18H2,1-3H3;1H. The van der Waals surface area contributed by atoms with Gasteiger partial charge in [-0.25, -0.2) is 0 Å². The molecule has 118 valence electrons. The molecule has 4 heteroatoms. The van der Waals surface area contributed by atoms with E-state index in [1.54, 1.807) is 0 Å². The quantitative estimate of drug-likeness (QED) is 0.929. The fraction of sp³-hybridized carbons (Fsp3) is 0.588. The summed E-state index contributed by atoms with van der Waals surface area (Å²) in [6.45, 7) is 8.74. The third-order valence-corrected chi connectivity index (χ3v) is 4.55. The fourth-order valence-corrected chi connectivity index (χ4v) is 2.88. The lowest BCUT2D eigenvalue weighted by atomic mass is 9.81. The maximum atomic E-state index is 12.5. The van der Waals surface area contributed by atoms with Crippen molar-refractivity contribution in [2.75, 3.05) is 19.6 Å². The topological polar surface area (TPSA) is 46.3 Å². The van der Waals surface area contributed by atoms with E-state index >= 15 is 0 Å². The van der Waals surface area contributed by atoms with Gasteiger partial charge >= 0.3 is 0 Å². The minimum absolute atomic E-state index is 0. The molecule has 0 aliphatic carbocycles. The highest BCUT2D eigenvalue weighted by Gasteiger charge is 2.36. The minimum Gasteiger partial charge on any atom is -0.342 e. The molecule has 1 aliphatic rings. The summed E-state index contributed by atoms with van der Waals surface area (Å²) in [6.07, 6.45) is 1.57. The Balaban J connectivity index is 0.00000220. The third-order valence-electron chi connectivity index (χ3n) is 4.55. The number of rotatable bonds is 4. The Hall–Kier alpha value is -1.06. The van der Waals surface area contributed by atoms with Crippen molar-refractivity contribution >= 4 is 18.3 Å². The van der Waals surface area contributed by atoms with Gasteiger partial charge in [-0.15, -0.1) is 12.4 Å². The molecule has 1 aliphatic heterocycles. The Bertz CT molecular complexity index is 475. The van der Waals surface area contributed by atoms with E-state index in [0.717, 1.165) is 19.5 Å². The number of carbonyl (C=O) groups excluding carboxylic acids is 1. The second-order valence-corrected chi connectivity index (χ2v) is 7.01. The van der Waals surface area contributed by atoms with E-state index in [1.165, 1.54) is 5.56 Å². The predicted octanol–water partition coefficient (Wildman–Crippen LogP) is 2.97. The lowest BCUT2D eigenvalue weighted by molar-refractivity contribution is -0.131. The zero-order valence-electron chi connectivity index (χ0n) is 13.3. The maximum absolute atomic E-state index is 12.5. The van der Waals surface area contributed by atoms with Crippen LogP contribution in [0.25, 0.3) is 0 Å². The van der Waals surface area contributed by atoms with Gasteiger partial charge in [-0.05, 0) is 29.4 Å². The molecule has 0 aromatic heterocycles. The van der Waals surface area contributed by atoms with Crippen molar-refractivity contribution in [3.8, 4) is 0 Å². The lowest BCUT2D eigenvalue weighted by Crippen LogP contribution is -2.37. The second-order valence-electron chi connectivity index (χ2n) is 7.01. The molecule has 0 bridgehead atoms. The van der Waals surface area contributed by atoms with Crippen LogP contribution in [0.2, 0.25) is 0 Å². The van der Waals surface area contributed by atoms with E-state index in [9.17, 15) is 4.79 Å². The first-order valence-corrected chi connectivity index (χ1v) is 7.40. The summed E-state index contributed by atoms with van der Waals surface area (Å²) in [5.41, 5.74) is 7.01. The number of nitrogens with zero attached hydrogens (tertiary/aromatic N) is 1. The van der Waals surface area contributed by atoms with Gasteiger partial charge in [0.1, 0.15) is 0 Å². The first kappa shape index (κ1) is 18.0. The van der Waals surface area contributed by atoms with Gasteiger partial charge in [0.05, 0.1) is 0 Å². The van der Waals surface area contributed by atoms with Crippen molar-refractivity contribution < 1.29 is 4.79 Å². The molecule has 0 saturated carbocycles. The normalized spacial score (nSPS) is 22.0. The van der Waals surface area contributed by atoms with Gasteiger partial charge in [0.2, 0.25) is 5.91 Å². The smallest absolute Gasteiger partial charge is 0.223 e. The summed E-state index contributed by atoms with van der Waals surface area (Å²) >= 11 is 0. The first-order valence-electron chi connectivity index (χ1n) is 7.40. The zero-order chi connectivity index (χ0) is 14.8. The van der Waals surface area contributed by atoms with Crippen LogP contribution in [0.4, 0.5) is 0 Å². The Morgan fingerprint density at radius 3 is 2.48 bits per heavy atom. The number of halogens is 1. The monoisotopic (exact) mass is 310 g/mol. The number of hydrogen-bond donors (Lipinski definition) is 1. The number of benzene rings is 1. The summed E-state index contributed by atoms with van der Waals surface area (Å²) < 4.78 is 0. The van der Waals surface area contributed by atoms with Gasteiger partial charge in [0, 0.05) is 19.5 Å². The van der Waals surface area contributed by atoms with Gasteiger partial charge < -0.3 is 10.6 Å². The van der Waals surface area contributed by atoms with Crippen LogP contribution in [0, 0.1) is 5.41 Å². The van der Waals surface area contributed by atoms with Gasteiger partial charge in [0.25, 0.3) is 0 Å². The fourth-order valence-electron chi connectivity index (χ4n) is 2.88. The molecular weight excluding hydrogens is 284 g/mol. The first-order chi connectivity index (χ1) is 9.36. The van der Waals surface area contributed by atoms with E-state index < -0.39 is 0 Å². The van der Waals surface area contributed by atoms with Gasteiger partial charge in [-0.1, -0.05) is 51.1 Å². The summed E-state index contributed by atoms with van der Waals surface area (Å²) in [7, 11) is 0. The van der Waals surface area contributed by atoms with E-state index in [1.807, 2.05) is 23.1 Å². The number of amides is 1. The Morgan fingerprint density at radius 1 is 1.33 bits per heavy atom. The van der Waals surface area contributed by atoms with Crippen LogP contribution in [0.5, 0.6) is 0 Å². The summed E-state index contributed by atoms with van der Waals surface area (Å²) in [5, 5.41) is 0. The molecule has 0 spiro atoms. The van der Waals surface area contributed by atoms with Crippen molar-refractivity contribution in [3.05, 3.63) is 35.9 Å². The molecule has 1 aromatic rings. The molecule has 1 saturated heterocycles.